The van der Waals surface area contributed by atoms with Crippen LogP contribution in [-0.2, 0) is 19.5 Å². The van der Waals surface area contributed by atoms with Crippen LogP contribution in [0.25, 0.3) is 32.7 Å². The molecule has 0 nitrogen and oxygen atoms in total. The van der Waals surface area contributed by atoms with Crippen LogP contribution >= 0.6 is 19.8 Å². The minimum absolute atomic E-state index is 0. The quantitative estimate of drug-likeness (QED) is 0.269. The van der Waals surface area contributed by atoms with Crippen molar-refractivity contribution < 1.29 is 19.5 Å². The standard InChI is InChI=1S/C20H14.2H3P.Ru/c1-3-11-17-15(7-1)9-5-13-19(17)20-14-6-10-16-8-2-4-12-18(16)20;;;/h1-14H;2*1H3;/q;;;+2. The molecule has 0 aromatic heterocycles. The zero-order valence-electron chi connectivity index (χ0n) is 12.9. The van der Waals surface area contributed by atoms with Gasteiger partial charge in [0.2, 0.25) is 0 Å². The summed E-state index contributed by atoms with van der Waals surface area (Å²) < 4.78 is 0. The van der Waals surface area contributed by atoms with E-state index in [1.165, 1.54) is 32.7 Å². The van der Waals surface area contributed by atoms with E-state index in [0.29, 0.717) is 0 Å². The van der Waals surface area contributed by atoms with Crippen LogP contribution in [-0.4, -0.2) is 0 Å². The predicted octanol–water partition coefficient (Wildman–Crippen LogP) is 5.77. The summed E-state index contributed by atoms with van der Waals surface area (Å²) in [5.74, 6) is 0. The molecular weight excluding hydrogens is 403 g/mol. The molecule has 0 aliphatic heterocycles. The van der Waals surface area contributed by atoms with E-state index < -0.39 is 0 Å². The van der Waals surface area contributed by atoms with Crippen LogP contribution in [0.1, 0.15) is 0 Å². The van der Waals surface area contributed by atoms with E-state index in [0.717, 1.165) is 0 Å². The van der Waals surface area contributed by atoms with E-state index in [-0.39, 0.29) is 39.3 Å². The second-order valence-corrected chi connectivity index (χ2v) is 5.05. The summed E-state index contributed by atoms with van der Waals surface area (Å²) in [5, 5.41) is 5.20. The molecule has 4 rings (SSSR count). The van der Waals surface area contributed by atoms with Crippen molar-refractivity contribution in [3.63, 3.8) is 0 Å². The van der Waals surface area contributed by atoms with Crippen LogP contribution in [0.2, 0.25) is 0 Å². The van der Waals surface area contributed by atoms with Gasteiger partial charge in [0.15, 0.2) is 0 Å². The molecule has 2 unspecified atom stereocenters. The molecule has 4 aromatic rings. The first-order valence-electron chi connectivity index (χ1n) is 6.89. The zero-order valence-corrected chi connectivity index (χ0v) is 17.4. The van der Waals surface area contributed by atoms with Crippen molar-refractivity contribution in [1.82, 2.24) is 0 Å². The normalized spacial score (nSPS) is 9.57. The number of hydrogen-bond acceptors (Lipinski definition) is 0. The maximum atomic E-state index is 2.21. The van der Waals surface area contributed by atoms with Gasteiger partial charge in [0, 0.05) is 0 Å². The molecule has 0 fully saturated rings. The van der Waals surface area contributed by atoms with Crippen LogP contribution in [0.5, 0.6) is 0 Å². The van der Waals surface area contributed by atoms with Gasteiger partial charge in [-0.15, -0.1) is 0 Å². The molecule has 0 heterocycles. The molecule has 0 saturated carbocycles. The summed E-state index contributed by atoms with van der Waals surface area (Å²) in [6.45, 7) is 0. The minimum atomic E-state index is 0. The summed E-state index contributed by atoms with van der Waals surface area (Å²) in [4.78, 5) is 0. The monoisotopic (exact) mass is 424 g/mol. The molecule has 0 aliphatic carbocycles. The number of fused-ring (bicyclic) bond motifs is 2. The van der Waals surface area contributed by atoms with Gasteiger partial charge in [-0.2, -0.15) is 19.8 Å². The summed E-state index contributed by atoms with van der Waals surface area (Å²) >= 11 is 0. The van der Waals surface area contributed by atoms with Crippen LogP contribution in [0.4, 0.5) is 0 Å². The average molecular weight is 423 g/mol. The molecule has 0 radical (unpaired) electrons. The topological polar surface area (TPSA) is 0 Å². The Morgan fingerprint density at radius 2 is 0.739 bits per heavy atom. The molecule has 2 atom stereocenters. The molecule has 0 spiro atoms. The van der Waals surface area contributed by atoms with Crippen molar-refractivity contribution in [2.45, 2.75) is 0 Å². The third kappa shape index (κ3) is 3.70. The van der Waals surface area contributed by atoms with Gasteiger partial charge < -0.3 is 0 Å². The Labute approximate surface area is 156 Å². The summed E-state index contributed by atoms with van der Waals surface area (Å²) in [6.07, 6.45) is 0. The number of rotatable bonds is 1. The van der Waals surface area contributed by atoms with Gasteiger partial charge in [0.1, 0.15) is 0 Å². The van der Waals surface area contributed by atoms with E-state index in [1.54, 1.807) is 0 Å². The summed E-state index contributed by atoms with van der Waals surface area (Å²) in [6, 6.07) is 30.2. The molecule has 0 amide bonds. The largest absolute Gasteiger partial charge is 2.00 e. The van der Waals surface area contributed by atoms with Crippen LogP contribution in [0.15, 0.2) is 84.9 Å². The van der Waals surface area contributed by atoms with Crippen molar-refractivity contribution in [2.75, 3.05) is 0 Å². The van der Waals surface area contributed by atoms with Crippen LogP contribution in [0.3, 0.4) is 0 Å². The van der Waals surface area contributed by atoms with E-state index in [1.807, 2.05) is 0 Å². The Morgan fingerprint density at radius 1 is 0.391 bits per heavy atom. The van der Waals surface area contributed by atoms with Gasteiger partial charge in [-0.25, -0.2) is 0 Å². The van der Waals surface area contributed by atoms with Crippen molar-refractivity contribution in [2.24, 2.45) is 0 Å². The van der Waals surface area contributed by atoms with Crippen molar-refractivity contribution >= 4 is 41.3 Å². The van der Waals surface area contributed by atoms with E-state index >= 15 is 0 Å². The molecule has 4 aromatic carbocycles. The summed E-state index contributed by atoms with van der Waals surface area (Å²) in [5.41, 5.74) is 2.61. The van der Waals surface area contributed by atoms with Gasteiger partial charge in [-0.3, -0.25) is 0 Å². The van der Waals surface area contributed by atoms with Crippen LogP contribution < -0.4 is 0 Å². The first-order chi connectivity index (χ1) is 9.93. The second-order valence-electron chi connectivity index (χ2n) is 5.05. The molecule has 3 heteroatoms. The van der Waals surface area contributed by atoms with Crippen molar-refractivity contribution in [1.29, 1.82) is 0 Å². The fraction of sp³-hybridized carbons (Fsp3) is 0. The predicted molar refractivity (Wildman–Crippen MR) is 109 cm³/mol. The average Bonchev–Trinajstić information content (AvgIpc) is 2.54. The molecule has 0 saturated heterocycles. The molecule has 0 bridgehead atoms. The Kier molecular flexibility index (Phi) is 7.50. The van der Waals surface area contributed by atoms with Gasteiger partial charge in [-0.05, 0) is 32.7 Å². The minimum Gasteiger partial charge on any atom is -0.153 e. The maximum absolute atomic E-state index is 2.21. The second kappa shape index (κ2) is 8.66. The Morgan fingerprint density at radius 3 is 1.17 bits per heavy atom. The first kappa shape index (κ1) is 19.9. The molecule has 0 N–H and O–H groups in total. The fourth-order valence-electron chi connectivity index (χ4n) is 2.92. The molecular formula is C20H20P2Ru+2. The SMILES string of the molecule is P.P.[Ru+2].c1ccc2c(-c3cccc4ccccc34)cccc2c1. The third-order valence-electron chi connectivity index (χ3n) is 3.87. The van der Waals surface area contributed by atoms with Gasteiger partial charge in [0.25, 0.3) is 0 Å². The van der Waals surface area contributed by atoms with Crippen molar-refractivity contribution in [3.05, 3.63) is 84.9 Å². The van der Waals surface area contributed by atoms with Gasteiger partial charge in [0.05, 0.1) is 0 Å². The smallest absolute Gasteiger partial charge is 0.153 e. The Hall–Kier alpha value is -1.12. The van der Waals surface area contributed by atoms with Crippen molar-refractivity contribution in [3.8, 4) is 11.1 Å². The number of benzene rings is 4. The molecule has 23 heavy (non-hydrogen) atoms. The maximum Gasteiger partial charge on any atom is 2.00 e. The Bertz CT molecular complexity index is 831. The van der Waals surface area contributed by atoms with E-state index in [4.69, 9.17) is 0 Å². The molecule has 116 valence electrons. The van der Waals surface area contributed by atoms with E-state index in [9.17, 15) is 0 Å². The summed E-state index contributed by atoms with van der Waals surface area (Å²) in [7, 11) is 0. The third-order valence-corrected chi connectivity index (χ3v) is 3.87. The number of hydrogen-bond donors (Lipinski definition) is 0. The molecule has 0 aliphatic rings. The van der Waals surface area contributed by atoms with Crippen LogP contribution in [0, 0.1) is 0 Å². The Balaban J connectivity index is 0.000000882. The fourth-order valence-corrected chi connectivity index (χ4v) is 2.92. The first-order valence-corrected chi connectivity index (χ1v) is 6.89. The van der Waals surface area contributed by atoms with E-state index in [2.05, 4.69) is 84.9 Å². The van der Waals surface area contributed by atoms with Gasteiger partial charge in [-0.1, -0.05) is 84.9 Å². The zero-order chi connectivity index (χ0) is 13.4. The van der Waals surface area contributed by atoms with Gasteiger partial charge >= 0.3 is 19.5 Å².